The van der Waals surface area contributed by atoms with Crippen LogP contribution in [-0.2, 0) is 0 Å². The number of benzene rings is 3. The third-order valence-electron chi connectivity index (χ3n) is 3.21. The van der Waals surface area contributed by atoms with Crippen molar-refractivity contribution in [2.24, 2.45) is 0 Å². The van der Waals surface area contributed by atoms with Gasteiger partial charge in [0.15, 0.2) is 0 Å². The van der Waals surface area contributed by atoms with Crippen molar-refractivity contribution >= 4 is 0 Å². The van der Waals surface area contributed by atoms with E-state index in [0.29, 0.717) is 5.75 Å². The predicted octanol–water partition coefficient (Wildman–Crippen LogP) is 4.73. The lowest BCUT2D eigenvalue weighted by Crippen LogP contribution is -1.85. The van der Waals surface area contributed by atoms with Gasteiger partial charge in [-0.2, -0.15) is 0 Å². The van der Waals surface area contributed by atoms with E-state index in [9.17, 15) is 5.11 Å². The van der Waals surface area contributed by atoms with Gasteiger partial charge in [-0.15, -0.1) is 0 Å². The molecule has 0 bridgehead atoms. The number of aromatic hydroxyl groups is 1. The summed E-state index contributed by atoms with van der Waals surface area (Å²) < 4.78 is 0. The summed E-state index contributed by atoms with van der Waals surface area (Å²) in [4.78, 5) is 0. The van der Waals surface area contributed by atoms with Gasteiger partial charge in [0.25, 0.3) is 0 Å². The molecule has 0 radical (unpaired) electrons. The molecule has 3 aromatic rings. The Labute approximate surface area is 112 Å². The highest BCUT2D eigenvalue weighted by molar-refractivity contribution is 5.85. The van der Waals surface area contributed by atoms with E-state index in [2.05, 4.69) is 18.2 Å². The molecule has 3 rings (SSSR count). The molecular formula is C18H14O. The molecule has 19 heavy (non-hydrogen) atoms. The summed E-state index contributed by atoms with van der Waals surface area (Å²) in [5.74, 6) is 0.311. The van der Waals surface area contributed by atoms with Crippen LogP contribution >= 0.6 is 0 Å². The highest BCUT2D eigenvalue weighted by atomic mass is 16.3. The van der Waals surface area contributed by atoms with E-state index < -0.39 is 0 Å². The molecule has 0 saturated heterocycles. The van der Waals surface area contributed by atoms with Crippen LogP contribution in [0.2, 0.25) is 0 Å². The Kier molecular flexibility index (Phi) is 3.03. The standard InChI is InChI=1S/C18H14O/c19-18-13-7-6-12-17(18)16-11-5-4-10-15(16)14-8-2-1-3-9-14/h1-13,19H. The Hall–Kier alpha value is -2.54. The molecule has 0 aromatic heterocycles. The van der Waals surface area contributed by atoms with Crippen molar-refractivity contribution in [1.29, 1.82) is 0 Å². The van der Waals surface area contributed by atoms with Gasteiger partial charge >= 0.3 is 0 Å². The van der Waals surface area contributed by atoms with E-state index in [1.165, 1.54) is 0 Å². The summed E-state index contributed by atoms with van der Waals surface area (Å²) in [6.07, 6.45) is 0. The van der Waals surface area contributed by atoms with Gasteiger partial charge in [-0.05, 0) is 22.8 Å². The van der Waals surface area contributed by atoms with E-state index in [-0.39, 0.29) is 0 Å². The summed E-state index contributed by atoms with van der Waals surface area (Å²) in [6, 6.07) is 25.8. The maximum absolute atomic E-state index is 10.0. The van der Waals surface area contributed by atoms with Crippen molar-refractivity contribution < 1.29 is 5.11 Å². The average molecular weight is 246 g/mol. The maximum Gasteiger partial charge on any atom is 0.123 e. The van der Waals surface area contributed by atoms with Crippen LogP contribution in [0, 0.1) is 0 Å². The van der Waals surface area contributed by atoms with Gasteiger partial charge in [0.05, 0.1) is 0 Å². The molecule has 92 valence electrons. The lowest BCUT2D eigenvalue weighted by atomic mass is 9.94. The van der Waals surface area contributed by atoms with Crippen molar-refractivity contribution in [1.82, 2.24) is 0 Å². The third kappa shape index (κ3) is 2.23. The Balaban J connectivity index is 2.21. The quantitative estimate of drug-likeness (QED) is 0.693. The smallest absolute Gasteiger partial charge is 0.123 e. The van der Waals surface area contributed by atoms with Crippen molar-refractivity contribution in [2.45, 2.75) is 0 Å². The molecule has 0 heterocycles. The van der Waals surface area contributed by atoms with Crippen LogP contribution in [0.3, 0.4) is 0 Å². The third-order valence-corrected chi connectivity index (χ3v) is 3.21. The number of phenolic OH excluding ortho intramolecular Hbond substituents is 1. The van der Waals surface area contributed by atoms with Gasteiger partial charge in [-0.1, -0.05) is 72.8 Å². The summed E-state index contributed by atoms with van der Waals surface area (Å²) in [5.41, 5.74) is 4.19. The first kappa shape index (κ1) is 11.5. The Morgan fingerprint density at radius 2 is 1.00 bits per heavy atom. The molecule has 0 aliphatic heterocycles. The molecule has 0 amide bonds. The van der Waals surface area contributed by atoms with Crippen LogP contribution in [0.4, 0.5) is 0 Å². The number of rotatable bonds is 2. The van der Waals surface area contributed by atoms with Crippen LogP contribution in [0.25, 0.3) is 22.3 Å². The molecular weight excluding hydrogens is 232 g/mol. The largest absolute Gasteiger partial charge is 0.507 e. The SMILES string of the molecule is Oc1ccccc1-c1ccccc1-c1ccccc1. The van der Waals surface area contributed by atoms with Gasteiger partial charge in [0, 0.05) is 5.56 Å². The second kappa shape index (κ2) is 4.99. The van der Waals surface area contributed by atoms with E-state index in [0.717, 1.165) is 22.3 Å². The lowest BCUT2D eigenvalue weighted by molar-refractivity contribution is 0.477. The predicted molar refractivity (Wildman–Crippen MR) is 79.0 cm³/mol. The minimum absolute atomic E-state index is 0.311. The summed E-state index contributed by atoms with van der Waals surface area (Å²) >= 11 is 0. The van der Waals surface area contributed by atoms with Crippen LogP contribution in [0.1, 0.15) is 0 Å². The molecule has 0 fully saturated rings. The van der Waals surface area contributed by atoms with Gasteiger partial charge in [0.2, 0.25) is 0 Å². The van der Waals surface area contributed by atoms with Crippen molar-refractivity contribution in [3.8, 4) is 28.0 Å². The molecule has 1 nitrogen and oxygen atoms in total. The lowest BCUT2D eigenvalue weighted by Gasteiger charge is -2.11. The van der Waals surface area contributed by atoms with E-state index in [1.54, 1.807) is 6.07 Å². The van der Waals surface area contributed by atoms with E-state index in [4.69, 9.17) is 0 Å². The van der Waals surface area contributed by atoms with E-state index >= 15 is 0 Å². The minimum Gasteiger partial charge on any atom is -0.507 e. The van der Waals surface area contributed by atoms with Crippen molar-refractivity contribution in [3.63, 3.8) is 0 Å². The number of hydrogen-bond acceptors (Lipinski definition) is 1. The fourth-order valence-corrected chi connectivity index (χ4v) is 2.29. The monoisotopic (exact) mass is 246 g/mol. The molecule has 3 aromatic carbocycles. The van der Waals surface area contributed by atoms with Crippen LogP contribution in [0.15, 0.2) is 78.9 Å². The first-order valence-corrected chi connectivity index (χ1v) is 6.29. The molecule has 0 aliphatic carbocycles. The molecule has 0 spiro atoms. The van der Waals surface area contributed by atoms with Gasteiger partial charge < -0.3 is 5.11 Å². The second-order valence-corrected chi connectivity index (χ2v) is 4.43. The first-order chi connectivity index (χ1) is 9.36. The summed E-state index contributed by atoms with van der Waals surface area (Å²) in [6.45, 7) is 0. The second-order valence-electron chi connectivity index (χ2n) is 4.43. The molecule has 0 atom stereocenters. The first-order valence-electron chi connectivity index (χ1n) is 6.29. The van der Waals surface area contributed by atoms with Crippen molar-refractivity contribution in [3.05, 3.63) is 78.9 Å². The highest BCUT2D eigenvalue weighted by Gasteiger charge is 2.09. The van der Waals surface area contributed by atoms with E-state index in [1.807, 2.05) is 54.6 Å². The number of phenols is 1. The Morgan fingerprint density at radius 3 is 1.68 bits per heavy atom. The molecule has 1 N–H and O–H groups in total. The summed E-state index contributed by atoms with van der Waals surface area (Å²) in [5, 5.41) is 10.0. The molecule has 0 unspecified atom stereocenters. The van der Waals surface area contributed by atoms with Crippen LogP contribution < -0.4 is 0 Å². The topological polar surface area (TPSA) is 20.2 Å². The van der Waals surface area contributed by atoms with Gasteiger partial charge in [0.1, 0.15) is 5.75 Å². The normalized spacial score (nSPS) is 10.3. The van der Waals surface area contributed by atoms with Gasteiger partial charge in [-0.25, -0.2) is 0 Å². The molecule has 0 saturated carbocycles. The fourth-order valence-electron chi connectivity index (χ4n) is 2.29. The Bertz CT molecular complexity index is 687. The zero-order valence-corrected chi connectivity index (χ0v) is 10.5. The maximum atomic E-state index is 10.0. The Morgan fingerprint density at radius 1 is 0.474 bits per heavy atom. The zero-order chi connectivity index (χ0) is 13.1. The van der Waals surface area contributed by atoms with Crippen molar-refractivity contribution in [2.75, 3.05) is 0 Å². The number of hydrogen-bond donors (Lipinski definition) is 1. The summed E-state index contributed by atoms with van der Waals surface area (Å²) in [7, 11) is 0. The van der Waals surface area contributed by atoms with Gasteiger partial charge in [-0.3, -0.25) is 0 Å². The molecule has 0 aliphatic rings. The van der Waals surface area contributed by atoms with Crippen LogP contribution in [0.5, 0.6) is 5.75 Å². The molecule has 1 heteroatoms. The zero-order valence-electron chi connectivity index (χ0n) is 10.5. The minimum atomic E-state index is 0.311. The highest BCUT2D eigenvalue weighted by Crippen LogP contribution is 2.36. The van der Waals surface area contributed by atoms with Crippen LogP contribution in [-0.4, -0.2) is 5.11 Å². The fraction of sp³-hybridized carbons (Fsp3) is 0. The average Bonchev–Trinajstić information content (AvgIpc) is 2.49. The number of para-hydroxylation sites is 1.